The summed E-state index contributed by atoms with van der Waals surface area (Å²) in [4.78, 5) is 11.9. The first-order valence-electron chi connectivity index (χ1n) is 6.14. The first kappa shape index (κ1) is 16.6. The number of hydrogen-bond donors (Lipinski definition) is 2. The van der Waals surface area contributed by atoms with E-state index in [1.807, 2.05) is 27.7 Å². The van der Waals surface area contributed by atoms with Gasteiger partial charge < -0.3 is 11.1 Å². The molecule has 3 atom stereocenters. The van der Waals surface area contributed by atoms with Crippen LogP contribution in [0.15, 0.2) is 0 Å². The van der Waals surface area contributed by atoms with E-state index in [9.17, 15) is 9.00 Å². The van der Waals surface area contributed by atoms with E-state index in [1.54, 1.807) is 6.92 Å². The lowest BCUT2D eigenvalue weighted by atomic mass is 10.0. The third-order valence-electron chi connectivity index (χ3n) is 2.88. The van der Waals surface area contributed by atoms with E-state index in [2.05, 4.69) is 5.32 Å². The fourth-order valence-electron chi connectivity index (χ4n) is 1.12. The molecule has 0 aliphatic heterocycles. The van der Waals surface area contributed by atoms with Crippen LogP contribution in [0.3, 0.4) is 0 Å². The van der Waals surface area contributed by atoms with Crippen molar-refractivity contribution in [1.82, 2.24) is 5.32 Å². The molecule has 4 nitrogen and oxygen atoms in total. The number of carbonyl (C=O) groups excluding carboxylic acids is 1. The summed E-state index contributed by atoms with van der Waals surface area (Å²) in [5.41, 5.74) is 5.37. The zero-order chi connectivity index (χ0) is 13.6. The van der Waals surface area contributed by atoms with Gasteiger partial charge in [-0.05, 0) is 40.5 Å². The van der Waals surface area contributed by atoms with E-state index in [0.29, 0.717) is 12.2 Å². The molecule has 17 heavy (non-hydrogen) atoms. The number of nitrogens with one attached hydrogen (secondary N) is 1. The molecule has 3 unspecified atom stereocenters. The van der Waals surface area contributed by atoms with E-state index in [1.165, 1.54) is 0 Å². The molecule has 0 rings (SSSR count). The number of hydrogen-bond acceptors (Lipinski definition) is 3. The summed E-state index contributed by atoms with van der Waals surface area (Å²) in [6.45, 7) is 9.52. The van der Waals surface area contributed by atoms with Crippen LogP contribution in [0, 0.1) is 0 Å². The van der Waals surface area contributed by atoms with E-state index >= 15 is 0 Å². The highest BCUT2D eigenvalue weighted by Crippen LogP contribution is 2.09. The quantitative estimate of drug-likeness (QED) is 0.723. The number of carbonyl (C=O) groups is 1. The Morgan fingerprint density at radius 3 is 2.35 bits per heavy atom. The van der Waals surface area contributed by atoms with Gasteiger partial charge in [-0.3, -0.25) is 9.00 Å². The van der Waals surface area contributed by atoms with E-state index in [0.717, 1.165) is 6.42 Å². The molecule has 0 aromatic rings. The molecule has 0 saturated carbocycles. The highest BCUT2D eigenvalue weighted by molar-refractivity contribution is 7.86. The van der Waals surface area contributed by atoms with Crippen LogP contribution in [0.25, 0.3) is 0 Å². The highest BCUT2D eigenvalue weighted by Gasteiger charge is 2.25. The fraction of sp³-hybridized carbons (Fsp3) is 0.917. The Morgan fingerprint density at radius 2 is 1.94 bits per heavy atom. The van der Waals surface area contributed by atoms with Crippen LogP contribution < -0.4 is 11.1 Å². The molecular formula is C12H26N2O2S. The lowest BCUT2D eigenvalue weighted by Crippen LogP contribution is -2.48. The highest BCUT2D eigenvalue weighted by atomic mass is 32.2. The van der Waals surface area contributed by atoms with Crippen LogP contribution in [-0.4, -0.2) is 32.7 Å². The summed E-state index contributed by atoms with van der Waals surface area (Å²) in [5, 5.41) is 2.44. The first-order valence-corrected chi connectivity index (χ1v) is 7.52. The topological polar surface area (TPSA) is 72.2 Å². The predicted octanol–water partition coefficient (Wildman–Crippen LogP) is 1.17. The molecule has 0 bridgehead atoms. The third-order valence-corrected chi connectivity index (χ3v) is 4.52. The van der Waals surface area contributed by atoms with Gasteiger partial charge in [0.1, 0.15) is 5.25 Å². The summed E-state index contributed by atoms with van der Waals surface area (Å²) in [7, 11) is -1.14. The van der Waals surface area contributed by atoms with E-state index < -0.39 is 16.0 Å². The normalized spacial score (nSPS) is 17.3. The monoisotopic (exact) mass is 262 g/mol. The van der Waals surface area contributed by atoms with Gasteiger partial charge in [-0.15, -0.1) is 0 Å². The molecule has 0 heterocycles. The molecule has 0 aliphatic rings. The maximum absolute atomic E-state index is 11.9. The van der Waals surface area contributed by atoms with Gasteiger partial charge in [0.2, 0.25) is 5.91 Å². The molecule has 0 aromatic heterocycles. The van der Waals surface area contributed by atoms with Crippen molar-refractivity contribution in [1.29, 1.82) is 0 Å². The summed E-state index contributed by atoms with van der Waals surface area (Å²) in [5.74, 6) is 0.346. The van der Waals surface area contributed by atoms with E-state index in [-0.39, 0.29) is 17.5 Å². The van der Waals surface area contributed by atoms with Crippen LogP contribution in [0.5, 0.6) is 0 Å². The molecular weight excluding hydrogens is 236 g/mol. The lowest BCUT2D eigenvalue weighted by Gasteiger charge is -2.26. The van der Waals surface area contributed by atoms with E-state index in [4.69, 9.17) is 5.73 Å². The Balaban J connectivity index is 4.26. The number of amides is 1. The van der Waals surface area contributed by atoms with Crippen LogP contribution >= 0.6 is 0 Å². The smallest absolute Gasteiger partial charge is 0.235 e. The molecule has 5 heteroatoms. The first-order chi connectivity index (χ1) is 7.69. The molecule has 0 radical (unpaired) electrons. The summed E-state index contributed by atoms with van der Waals surface area (Å²) < 4.78 is 11.9. The summed E-state index contributed by atoms with van der Waals surface area (Å²) in [6, 6.07) is 0.0290. The van der Waals surface area contributed by atoms with Crippen LogP contribution in [0.2, 0.25) is 0 Å². The maximum atomic E-state index is 11.9. The Kier molecular flexibility index (Phi) is 6.94. The second-order valence-electron chi connectivity index (χ2n) is 5.22. The molecule has 0 spiro atoms. The Morgan fingerprint density at radius 1 is 1.41 bits per heavy atom. The van der Waals surface area contributed by atoms with Gasteiger partial charge in [-0.1, -0.05) is 6.92 Å². The summed E-state index contributed by atoms with van der Waals surface area (Å²) in [6.07, 6.45) is 1.53. The fourth-order valence-corrected chi connectivity index (χ4v) is 2.38. The van der Waals surface area contributed by atoms with Gasteiger partial charge >= 0.3 is 0 Å². The Labute approximate surface area is 107 Å². The van der Waals surface area contributed by atoms with Gasteiger partial charge in [-0.25, -0.2) is 0 Å². The van der Waals surface area contributed by atoms with Crippen molar-refractivity contribution in [2.75, 3.05) is 5.75 Å². The van der Waals surface area contributed by atoms with Gasteiger partial charge in [0.15, 0.2) is 0 Å². The van der Waals surface area contributed by atoms with Crippen LogP contribution in [0.4, 0.5) is 0 Å². The van der Waals surface area contributed by atoms with Crippen molar-refractivity contribution in [3.63, 3.8) is 0 Å². The standard InChI is InChI=1S/C12H26N2O2S/c1-6-12(4,5)14-11(15)10(3)17(16)8-7-9(2)13/h9-10H,6-8,13H2,1-5H3,(H,14,15). The average molecular weight is 262 g/mol. The SMILES string of the molecule is CCC(C)(C)NC(=O)C(C)S(=O)CCC(C)N. The van der Waals surface area contributed by atoms with Crippen molar-refractivity contribution in [2.45, 2.75) is 64.3 Å². The number of rotatable bonds is 7. The van der Waals surface area contributed by atoms with Crippen molar-refractivity contribution in [2.24, 2.45) is 5.73 Å². The molecule has 0 fully saturated rings. The molecule has 0 aromatic carbocycles. The van der Waals surface area contributed by atoms with Crippen molar-refractivity contribution < 1.29 is 9.00 Å². The van der Waals surface area contributed by atoms with Gasteiger partial charge in [-0.2, -0.15) is 0 Å². The zero-order valence-corrected chi connectivity index (χ0v) is 12.4. The predicted molar refractivity (Wildman–Crippen MR) is 73.3 cm³/mol. The molecule has 3 N–H and O–H groups in total. The largest absolute Gasteiger partial charge is 0.350 e. The lowest BCUT2D eigenvalue weighted by molar-refractivity contribution is -0.121. The summed E-state index contributed by atoms with van der Waals surface area (Å²) >= 11 is 0. The average Bonchev–Trinajstić information content (AvgIpc) is 2.24. The molecule has 0 saturated heterocycles. The van der Waals surface area contributed by atoms with Crippen molar-refractivity contribution in [3.8, 4) is 0 Å². The second kappa shape index (κ2) is 7.11. The second-order valence-corrected chi connectivity index (χ2v) is 7.10. The van der Waals surface area contributed by atoms with Gasteiger partial charge in [0, 0.05) is 28.1 Å². The molecule has 102 valence electrons. The molecule has 1 amide bonds. The Hall–Kier alpha value is -0.420. The van der Waals surface area contributed by atoms with Crippen molar-refractivity contribution in [3.05, 3.63) is 0 Å². The minimum absolute atomic E-state index is 0.0290. The van der Waals surface area contributed by atoms with Crippen LogP contribution in [0.1, 0.15) is 47.5 Å². The van der Waals surface area contributed by atoms with Crippen molar-refractivity contribution >= 4 is 16.7 Å². The van der Waals surface area contributed by atoms with Gasteiger partial charge in [0.25, 0.3) is 0 Å². The Bertz CT molecular complexity index is 278. The maximum Gasteiger partial charge on any atom is 0.235 e. The number of nitrogens with two attached hydrogens (primary N) is 1. The molecule has 0 aliphatic carbocycles. The van der Waals surface area contributed by atoms with Gasteiger partial charge in [0.05, 0.1) is 0 Å². The third kappa shape index (κ3) is 6.78. The minimum Gasteiger partial charge on any atom is -0.350 e. The minimum atomic E-state index is -1.14. The van der Waals surface area contributed by atoms with Crippen LogP contribution in [-0.2, 0) is 15.6 Å². The zero-order valence-electron chi connectivity index (χ0n) is 11.6.